The molecule has 26 heavy (non-hydrogen) atoms. The van der Waals surface area contributed by atoms with Gasteiger partial charge in [0.25, 0.3) is 0 Å². The molecule has 1 heterocycles. The van der Waals surface area contributed by atoms with Crippen molar-refractivity contribution in [2.75, 3.05) is 19.6 Å². The van der Waals surface area contributed by atoms with E-state index < -0.39 is 6.04 Å². The van der Waals surface area contributed by atoms with Crippen molar-refractivity contribution in [2.24, 2.45) is 11.7 Å². The second-order valence-electron chi connectivity index (χ2n) is 7.34. The molecule has 2 amide bonds. The highest BCUT2D eigenvalue weighted by molar-refractivity contribution is 5.81. The predicted molar refractivity (Wildman–Crippen MR) is 101 cm³/mol. The van der Waals surface area contributed by atoms with E-state index >= 15 is 0 Å². The molecule has 1 saturated heterocycles. The minimum Gasteiger partial charge on any atom is -0.445 e. The second-order valence-corrected chi connectivity index (χ2v) is 7.34. The highest BCUT2D eigenvalue weighted by Gasteiger charge is 2.28. The minimum absolute atomic E-state index is 0.00596. The van der Waals surface area contributed by atoms with Gasteiger partial charge in [-0.15, -0.1) is 0 Å². The van der Waals surface area contributed by atoms with Crippen LogP contribution in [0.2, 0.25) is 0 Å². The van der Waals surface area contributed by atoms with Gasteiger partial charge in [-0.1, -0.05) is 30.3 Å². The number of likely N-dealkylation sites (tertiary alicyclic amines) is 1. The fraction of sp³-hybridized carbons (Fsp3) is 0.600. The first-order valence-electron chi connectivity index (χ1n) is 9.40. The molecule has 1 fully saturated rings. The second kappa shape index (κ2) is 9.57. The zero-order chi connectivity index (χ0) is 19.1. The van der Waals surface area contributed by atoms with Crippen LogP contribution in [0.4, 0.5) is 4.79 Å². The summed E-state index contributed by atoms with van der Waals surface area (Å²) in [5.74, 6) is 0.380. The lowest BCUT2D eigenvalue weighted by Gasteiger charge is -2.36. The molecule has 0 bridgehead atoms. The van der Waals surface area contributed by atoms with E-state index in [-0.39, 0.29) is 24.6 Å². The molecule has 0 aromatic heterocycles. The average Bonchev–Trinajstić information content (AvgIpc) is 2.64. The normalized spacial score (nSPS) is 16.4. The Bertz CT molecular complexity index is 581. The van der Waals surface area contributed by atoms with Crippen molar-refractivity contribution in [1.82, 2.24) is 9.80 Å². The van der Waals surface area contributed by atoms with Gasteiger partial charge in [-0.25, -0.2) is 4.79 Å². The van der Waals surface area contributed by atoms with Gasteiger partial charge < -0.3 is 20.3 Å². The highest BCUT2D eigenvalue weighted by atomic mass is 16.6. The molecule has 0 spiro atoms. The number of amides is 2. The van der Waals surface area contributed by atoms with E-state index in [9.17, 15) is 9.59 Å². The van der Waals surface area contributed by atoms with Crippen LogP contribution < -0.4 is 5.73 Å². The summed E-state index contributed by atoms with van der Waals surface area (Å²) in [6.07, 6.45) is 1.49. The molecule has 2 N–H and O–H groups in total. The number of nitrogens with two attached hydrogens (primary N) is 1. The molecule has 0 aliphatic carbocycles. The largest absolute Gasteiger partial charge is 0.445 e. The minimum atomic E-state index is -0.452. The average molecular weight is 361 g/mol. The zero-order valence-electron chi connectivity index (χ0n) is 16.1. The molecule has 1 aliphatic rings. The van der Waals surface area contributed by atoms with Crippen LogP contribution in [-0.2, 0) is 16.1 Å². The van der Waals surface area contributed by atoms with Gasteiger partial charge in [0, 0.05) is 25.7 Å². The molecule has 6 heteroatoms. The summed E-state index contributed by atoms with van der Waals surface area (Å²) in [6, 6.07) is 9.31. The Labute approximate surface area is 156 Å². The highest BCUT2D eigenvalue weighted by Crippen LogP contribution is 2.20. The lowest BCUT2D eigenvalue weighted by molar-refractivity contribution is -0.133. The van der Waals surface area contributed by atoms with Crippen LogP contribution in [0.15, 0.2) is 30.3 Å². The maximum absolute atomic E-state index is 12.5. The number of piperidine rings is 1. The number of ether oxygens (including phenoxy) is 1. The molecule has 1 atom stereocenters. The summed E-state index contributed by atoms with van der Waals surface area (Å²) in [5, 5.41) is 0. The fourth-order valence-corrected chi connectivity index (χ4v) is 3.20. The summed E-state index contributed by atoms with van der Waals surface area (Å²) in [5.41, 5.74) is 6.66. The first-order chi connectivity index (χ1) is 12.4. The van der Waals surface area contributed by atoms with Gasteiger partial charge in [0.1, 0.15) is 6.61 Å². The van der Waals surface area contributed by atoms with Crippen LogP contribution in [0.1, 0.15) is 39.2 Å². The lowest BCUT2D eigenvalue weighted by Crippen LogP contribution is -2.48. The maximum atomic E-state index is 12.5. The lowest BCUT2D eigenvalue weighted by atomic mass is 9.95. The van der Waals surface area contributed by atoms with E-state index in [1.165, 1.54) is 0 Å². The van der Waals surface area contributed by atoms with Crippen LogP contribution in [0.25, 0.3) is 0 Å². The SMILES string of the molecule is CC(N)C(=O)N1CCC(CN(C(=O)OCc2ccccc2)C(C)C)CC1. The number of benzene rings is 1. The summed E-state index contributed by atoms with van der Waals surface area (Å²) in [6.45, 7) is 8.07. The van der Waals surface area contributed by atoms with Gasteiger partial charge in [-0.05, 0) is 45.1 Å². The van der Waals surface area contributed by atoms with E-state index in [4.69, 9.17) is 10.5 Å². The first-order valence-corrected chi connectivity index (χ1v) is 9.40. The Kier molecular flexibility index (Phi) is 7.45. The van der Waals surface area contributed by atoms with E-state index in [0.717, 1.165) is 18.4 Å². The molecule has 6 nitrogen and oxygen atoms in total. The number of hydrogen-bond donors (Lipinski definition) is 1. The summed E-state index contributed by atoms with van der Waals surface area (Å²) in [4.78, 5) is 28.1. The monoisotopic (exact) mass is 361 g/mol. The van der Waals surface area contributed by atoms with Crippen molar-refractivity contribution >= 4 is 12.0 Å². The molecule has 1 aromatic rings. The topological polar surface area (TPSA) is 75.9 Å². The van der Waals surface area contributed by atoms with Crippen molar-refractivity contribution in [2.45, 2.75) is 52.3 Å². The van der Waals surface area contributed by atoms with Crippen LogP contribution >= 0.6 is 0 Å². The van der Waals surface area contributed by atoms with Crippen molar-refractivity contribution in [3.8, 4) is 0 Å². The summed E-state index contributed by atoms with van der Waals surface area (Å²) >= 11 is 0. The van der Waals surface area contributed by atoms with Crippen LogP contribution in [0, 0.1) is 5.92 Å². The van der Waals surface area contributed by atoms with Gasteiger partial charge in [0.15, 0.2) is 0 Å². The number of nitrogens with zero attached hydrogens (tertiary/aromatic N) is 2. The third-order valence-electron chi connectivity index (χ3n) is 4.83. The molecule has 144 valence electrons. The molecular formula is C20H31N3O3. The molecule has 2 rings (SSSR count). The Morgan fingerprint density at radius 1 is 1.19 bits per heavy atom. The number of hydrogen-bond acceptors (Lipinski definition) is 4. The third kappa shape index (κ3) is 5.73. The Hall–Kier alpha value is -2.08. The summed E-state index contributed by atoms with van der Waals surface area (Å²) < 4.78 is 5.49. The standard InChI is InChI=1S/C20H31N3O3/c1-15(2)23(20(25)26-14-18-7-5-4-6-8-18)13-17-9-11-22(12-10-17)19(24)16(3)21/h4-8,15-17H,9-14,21H2,1-3H3. The van der Waals surface area contributed by atoms with E-state index in [0.29, 0.717) is 25.6 Å². The van der Waals surface area contributed by atoms with E-state index in [1.54, 1.807) is 11.8 Å². The number of rotatable bonds is 6. The Morgan fingerprint density at radius 3 is 2.35 bits per heavy atom. The van der Waals surface area contributed by atoms with Gasteiger partial charge >= 0.3 is 6.09 Å². The molecule has 1 unspecified atom stereocenters. The van der Waals surface area contributed by atoms with Crippen molar-refractivity contribution in [3.63, 3.8) is 0 Å². The van der Waals surface area contributed by atoms with Crippen LogP contribution in [-0.4, -0.2) is 53.5 Å². The first kappa shape index (κ1) is 20.2. The van der Waals surface area contributed by atoms with Crippen molar-refractivity contribution in [1.29, 1.82) is 0 Å². The smallest absolute Gasteiger partial charge is 0.410 e. The fourth-order valence-electron chi connectivity index (χ4n) is 3.20. The Balaban J connectivity index is 1.84. The van der Waals surface area contributed by atoms with Crippen molar-refractivity contribution in [3.05, 3.63) is 35.9 Å². The zero-order valence-corrected chi connectivity index (χ0v) is 16.1. The Morgan fingerprint density at radius 2 is 1.81 bits per heavy atom. The summed E-state index contributed by atoms with van der Waals surface area (Å²) in [7, 11) is 0. The third-order valence-corrected chi connectivity index (χ3v) is 4.83. The number of carbonyl (C=O) groups is 2. The van der Waals surface area contributed by atoms with E-state index in [2.05, 4.69) is 0 Å². The van der Waals surface area contributed by atoms with Crippen molar-refractivity contribution < 1.29 is 14.3 Å². The molecule has 0 saturated carbocycles. The molecule has 1 aliphatic heterocycles. The van der Waals surface area contributed by atoms with Gasteiger partial charge in [-0.2, -0.15) is 0 Å². The van der Waals surface area contributed by atoms with Gasteiger partial charge in [0.2, 0.25) is 5.91 Å². The van der Waals surface area contributed by atoms with E-state index in [1.807, 2.05) is 49.1 Å². The van der Waals surface area contributed by atoms with Crippen LogP contribution in [0.3, 0.4) is 0 Å². The number of carbonyl (C=O) groups excluding carboxylic acids is 2. The maximum Gasteiger partial charge on any atom is 0.410 e. The van der Waals surface area contributed by atoms with Crippen LogP contribution in [0.5, 0.6) is 0 Å². The van der Waals surface area contributed by atoms with Gasteiger partial charge in [0.05, 0.1) is 6.04 Å². The molecule has 0 radical (unpaired) electrons. The quantitative estimate of drug-likeness (QED) is 0.845. The molecular weight excluding hydrogens is 330 g/mol. The predicted octanol–water partition coefficient (Wildman–Crippen LogP) is 2.62. The molecule has 1 aromatic carbocycles. The van der Waals surface area contributed by atoms with Gasteiger partial charge in [-0.3, -0.25) is 4.79 Å².